The van der Waals surface area contributed by atoms with Crippen molar-refractivity contribution in [2.45, 2.75) is 11.4 Å². The average Bonchev–Trinajstić information content (AvgIpc) is 2.73. The fourth-order valence-electron chi connectivity index (χ4n) is 2.80. The van der Waals surface area contributed by atoms with Gasteiger partial charge in [0.2, 0.25) is 10.0 Å². The number of rotatable bonds is 7. The molecule has 1 fully saturated rings. The van der Waals surface area contributed by atoms with Crippen LogP contribution in [0, 0.1) is 0 Å². The van der Waals surface area contributed by atoms with E-state index in [4.69, 9.17) is 14.2 Å². The van der Waals surface area contributed by atoms with E-state index in [1.54, 1.807) is 12.3 Å². The Bertz CT molecular complexity index is 916. The van der Waals surface area contributed by atoms with Gasteiger partial charge in [-0.05, 0) is 33.6 Å². The molecule has 1 aliphatic rings. The normalized spacial score (nSPS) is 14.8. The first-order valence-corrected chi connectivity index (χ1v) is 10.9. The number of morpholine rings is 1. The quantitative estimate of drug-likeness (QED) is 0.661. The molecule has 1 saturated heterocycles. The van der Waals surface area contributed by atoms with E-state index in [0.717, 1.165) is 24.5 Å². The topological polar surface area (TPSA) is 90.0 Å². The van der Waals surface area contributed by atoms with Crippen LogP contribution in [0.2, 0.25) is 0 Å². The first-order chi connectivity index (χ1) is 13.4. The number of nitrogens with zero attached hydrogens (tertiary/aromatic N) is 2. The van der Waals surface area contributed by atoms with Gasteiger partial charge in [0.15, 0.2) is 11.5 Å². The molecule has 1 aromatic heterocycles. The Morgan fingerprint density at radius 1 is 1.18 bits per heavy atom. The molecule has 0 atom stereocenters. The molecule has 0 unspecified atom stereocenters. The fourth-order valence-corrected chi connectivity index (χ4v) is 4.85. The molecular formula is C18H22BrN3O5S. The highest BCUT2D eigenvalue weighted by Gasteiger charge is 2.21. The SMILES string of the molecule is COc1cc(Br)c(S(=O)(=O)NCc2ccc(N3CCOCC3)nc2)cc1OC. The minimum absolute atomic E-state index is 0.0723. The Balaban J connectivity index is 1.71. The Labute approximate surface area is 173 Å². The molecule has 1 N–H and O–H groups in total. The zero-order valence-electron chi connectivity index (χ0n) is 15.6. The van der Waals surface area contributed by atoms with Crippen LogP contribution in [0.4, 0.5) is 5.82 Å². The molecule has 152 valence electrons. The summed E-state index contributed by atoms with van der Waals surface area (Å²) < 4.78 is 44.2. The molecule has 0 spiro atoms. The molecule has 3 rings (SSSR count). The fraction of sp³-hybridized carbons (Fsp3) is 0.389. The summed E-state index contributed by atoms with van der Waals surface area (Å²) in [6.45, 7) is 3.09. The van der Waals surface area contributed by atoms with E-state index in [9.17, 15) is 8.42 Å². The van der Waals surface area contributed by atoms with Gasteiger partial charge < -0.3 is 19.1 Å². The van der Waals surface area contributed by atoms with E-state index in [1.807, 2.05) is 12.1 Å². The second kappa shape index (κ2) is 9.08. The number of pyridine rings is 1. The minimum atomic E-state index is -3.76. The molecule has 0 amide bonds. The maximum Gasteiger partial charge on any atom is 0.242 e. The van der Waals surface area contributed by atoms with Gasteiger partial charge in [-0.3, -0.25) is 0 Å². The molecule has 0 bridgehead atoms. The number of aromatic nitrogens is 1. The third-order valence-electron chi connectivity index (χ3n) is 4.34. The van der Waals surface area contributed by atoms with Gasteiger partial charge in [-0.2, -0.15) is 0 Å². The van der Waals surface area contributed by atoms with Crippen molar-refractivity contribution in [1.29, 1.82) is 0 Å². The number of halogens is 1. The molecule has 0 radical (unpaired) electrons. The number of methoxy groups -OCH3 is 2. The third kappa shape index (κ3) is 4.75. The number of sulfonamides is 1. The van der Waals surface area contributed by atoms with E-state index < -0.39 is 10.0 Å². The first kappa shape index (κ1) is 20.8. The lowest BCUT2D eigenvalue weighted by Gasteiger charge is -2.27. The van der Waals surface area contributed by atoms with Crippen LogP contribution in [0.3, 0.4) is 0 Å². The summed E-state index contributed by atoms with van der Waals surface area (Å²) in [5.74, 6) is 1.64. The van der Waals surface area contributed by atoms with Crippen molar-refractivity contribution in [2.24, 2.45) is 0 Å². The number of nitrogens with one attached hydrogen (secondary N) is 1. The van der Waals surface area contributed by atoms with Crippen LogP contribution in [0.15, 0.2) is 39.8 Å². The van der Waals surface area contributed by atoms with Crippen molar-refractivity contribution >= 4 is 31.8 Å². The summed E-state index contributed by atoms with van der Waals surface area (Å²) in [5, 5.41) is 0. The highest BCUT2D eigenvalue weighted by atomic mass is 79.9. The molecule has 0 aliphatic carbocycles. The van der Waals surface area contributed by atoms with Gasteiger partial charge in [0.05, 0.1) is 27.4 Å². The second-order valence-electron chi connectivity index (χ2n) is 6.09. The van der Waals surface area contributed by atoms with Gasteiger partial charge >= 0.3 is 0 Å². The number of anilines is 1. The van der Waals surface area contributed by atoms with E-state index in [1.165, 1.54) is 20.3 Å². The lowest BCUT2D eigenvalue weighted by molar-refractivity contribution is 0.122. The Kier molecular flexibility index (Phi) is 6.76. The summed E-state index contributed by atoms with van der Waals surface area (Å²) in [5.41, 5.74) is 0.761. The predicted molar refractivity (Wildman–Crippen MR) is 109 cm³/mol. The first-order valence-electron chi connectivity index (χ1n) is 8.63. The van der Waals surface area contributed by atoms with Crippen molar-refractivity contribution < 1.29 is 22.6 Å². The number of hydrogen-bond acceptors (Lipinski definition) is 7. The van der Waals surface area contributed by atoms with Gasteiger partial charge in [-0.15, -0.1) is 0 Å². The van der Waals surface area contributed by atoms with Crippen LogP contribution in [-0.4, -0.2) is 53.9 Å². The van der Waals surface area contributed by atoms with Crippen LogP contribution < -0.4 is 19.1 Å². The molecule has 2 heterocycles. The minimum Gasteiger partial charge on any atom is -0.493 e. The summed E-state index contributed by atoms with van der Waals surface area (Å²) >= 11 is 3.28. The summed E-state index contributed by atoms with van der Waals surface area (Å²) in [6, 6.07) is 6.74. The van der Waals surface area contributed by atoms with E-state index in [-0.39, 0.29) is 11.4 Å². The zero-order valence-corrected chi connectivity index (χ0v) is 18.0. The molecule has 1 aromatic carbocycles. The lowest BCUT2D eigenvalue weighted by atomic mass is 10.3. The second-order valence-corrected chi connectivity index (χ2v) is 8.68. The highest BCUT2D eigenvalue weighted by Crippen LogP contribution is 2.35. The lowest BCUT2D eigenvalue weighted by Crippen LogP contribution is -2.36. The van der Waals surface area contributed by atoms with Crippen LogP contribution in [0.1, 0.15) is 5.56 Å². The standard InChI is InChI=1S/C18H22BrN3O5S/c1-25-15-9-14(19)17(10-16(15)26-2)28(23,24)21-12-13-3-4-18(20-11-13)22-5-7-27-8-6-22/h3-4,9-11,21H,5-8,12H2,1-2H3. The van der Waals surface area contributed by atoms with Crippen molar-refractivity contribution in [1.82, 2.24) is 9.71 Å². The predicted octanol–water partition coefficient (Wildman–Crippen LogP) is 2.18. The largest absolute Gasteiger partial charge is 0.493 e. The highest BCUT2D eigenvalue weighted by molar-refractivity contribution is 9.10. The summed E-state index contributed by atoms with van der Waals surface area (Å²) in [6.07, 6.45) is 1.68. The van der Waals surface area contributed by atoms with Crippen LogP contribution in [-0.2, 0) is 21.3 Å². The van der Waals surface area contributed by atoms with E-state index in [2.05, 4.69) is 30.5 Å². The average molecular weight is 472 g/mol. The molecule has 10 heteroatoms. The van der Waals surface area contributed by atoms with E-state index >= 15 is 0 Å². The van der Waals surface area contributed by atoms with Crippen molar-refractivity contribution in [3.05, 3.63) is 40.5 Å². The Morgan fingerprint density at radius 3 is 2.46 bits per heavy atom. The van der Waals surface area contributed by atoms with Gasteiger partial charge in [-0.25, -0.2) is 18.1 Å². The molecule has 28 heavy (non-hydrogen) atoms. The van der Waals surface area contributed by atoms with Crippen LogP contribution >= 0.6 is 15.9 Å². The smallest absolute Gasteiger partial charge is 0.242 e. The molecule has 1 aliphatic heterocycles. The monoisotopic (exact) mass is 471 g/mol. The maximum absolute atomic E-state index is 12.7. The van der Waals surface area contributed by atoms with Gasteiger partial charge in [0.25, 0.3) is 0 Å². The summed E-state index contributed by atoms with van der Waals surface area (Å²) in [4.78, 5) is 6.64. The Hall–Kier alpha value is -1.88. The van der Waals surface area contributed by atoms with Crippen LogP contribution in [0.25, 0.3) is 0 Å². The van der Waals surface area contributed by atoms with E-state index in [0.29, 0.717) is 29.2 Å². The summed E-state index contributed by atoms with van der Waals surface area (Å²) in [7, 11) is -0.818. The maximum atomic E-state index is 12.7. The van der Waals surface area contributed by atoms with Gasteiger partial charge in [-0.1, -0.05) is 6.07 Å². The van der Waals surface area contributed by atoms with Crippen LogP contribution in [0.5, 0.6) is 11.5 Å². The zero-order chi connectivity index (χ0) is 20.1. The molecular weight excluding hydrogens is 450 g/mol. The third-order valence-corrected chi connectivity index (χ3v) is 6.70. The van der Waals surface area contributed by atoms with Crippen molar-refractivity contribution in [3.63, 3.8) is 0 Å². The number of hydrogen-bond donors (Lipinski definition) is 1. The number of benzene rings is 1. The molecule has 8 nitrogen and oxygen atoms in total. The number of ether oxygens (including phenoxy) is 3. The van der Waals surface area contributed by atoms with Gasteiger partial charge in [0.1, 0.15) is 10.7 Å². The Morgan fingerprint density at radius 2 is 1.86 bits per heavy atom. The molecule has 0 saturated carbocycles. The van der Waals surface area contributed by atoms with Crippen molar-refractivity contribution in [2.75, 3.05) is 45.4 Å². The molecule has 2 aromatic rings. The van der Waals surface area contributed by atoms with Gasteiger partial charge in [0, 0.05) is 36.4 Å². The van der Waals surface area contributed by atoms with Crippen molar-refractivity contribution in [3.8, 4) is 11.5 Å².